The van der Waals surface area contributed by atoms with E-state index in [-0.39, 0.29) is 30.1 Å². The molecule has 2 amide bonds. The number of benzene rings is 1. The zero-order chi connectivity index (χ0) is 15.2. The normalized spacial score (nSPS) is 14.8. The minimum Gasteiger partial charge on any atom is -0.398 e. The van der Waals surface area contributed by atoms with Crippen LogP contribution >= 0.6 is 0 Å². The molecule has 0 bridgehead atoms. The molecule has 0 saturated carbocycles. The first-order chi connectivity index (χ1) is 10.1. The van der Waals surface area contributed by atoms with Crippen LogP contribution in [0.1, 0.15) is 36.0 Å². The molecule has 1 aromatic rings. The van der Waals surface area contributed by atoms with Gasteiger partial charge in [-0.05, 0) is 37.5 Å². The number of rotatable bonds is 4. The van der Waals surface area contributed by atoms with Crippen molar-refractivity contribution in [3.63, 3.8) is 0 Å². The molecule has 1 fully saturated rings. The molecule has 0 unspecified atom stereocenters. The van der Waals surface area contributed by atoms with E-state index in [0.717, 1.165) is 32.0 Å². The molecular formula is C15H20FN3O2. The van der Waals surface area contributed by atoms with Crippen molar-refractivity contribution in [1.82, 2.24) is 10.2 Å². The molecule has 0 spiro atoms. The van der Waals surface area contributed by atoms with E-state index in [9.17, 15) is 14.0 Å². The molecule has 1 aliphatic heterocycles. The van der Waals surface area contributed by atoms with Gasteiger partial charge in [0.1, 0.15) is 5.82 Å². The number of anilines is 1. The Labute approximate surface area is 123 Å². The Morgan fingerprint density at radius 1 is 1.24 bits per heavy atom. The van der Waals surface area contributed by atoms with Crippen LogP contribution in [0.25, 0.3) is 0 Å². The topological polar surface area (TPSA) is 75.4 Å². The van der Waals surface area contributed by atoms with E-state index >= 15 is 0 Å². The average molecular weight is 293 g/mol. The first-order valence-electron chi connectivity index (χ1n) is 7.19. The van der Waals surface area contributed by atoms with E-state index in [2.05, 4.69) is 5.32 Å². The van der Waals surface area contributed by atoms with Gasteiger partial charge in [0, 0.05) is 31.7 Å². The van der Waals surface area contributed by atoms with Gasteiger partial charge >= 0.3 is 0 Å². The summed E-state index contributed by atoms with van der Waals surface area (Å²) in [6.45, 7) is 1.82. The second-order valence-electron chi connectivity index (χ2n) is 5.18. The summed E-state index contributed by atoms with van der Waals surface area (Å²) in [5.41, 5.74) is 5.95. The largest absolute Gasteiger partial charge is 0.398 e. The minimum atomic E-state index is -0.515. The third-order valence-electron chi connectivity index (χ3n) is 3.59. The summed E-state index contributed by atoms with van der Waals surface area (Å²) in [7, 11) is 0. The zero-order valence-corrected chi connectivity index (χ0v) is 11.9. The Kier molecular flexibility index (Phi) is 5.14. The summed E-state index contributed by atoms with van der Waals surface area (Å²) in [5.74, 6) is -0.931. The number of nitrogens with two attached hydrogens (primary N) is 1. The Bertz CT molecular complexity index is 528. The fraction of sp³-hybridized carbons (Fsp3) is 0.467. The number of nitrogens with one attached hydrogen (secondary N) is 1. The van der Waals surface area contributed by atoms with Gasteiger partial charge in [-0.3, -0.25) is 9.59 Å². The van der Waals surface area contributed by atoms with Gasteiger partial charge in [-0.2, -0.15) is 0 Å². The maximum absolute atomic E-state index is 13.1. The van der Waals surface area contributed by atoms with Crippen LogP contribution in [0.15, 0.2) is 18.2 Å². The van der Waals surface area contributed by atoms with Crippen molar-refractivity contribution < 1.29 is 14.0 Å². The molecule has 0 radical (unpaired) electrons. The molecule has 3 N–H and O–H groups in total. The number of hydrogen-bond donors (Lipinski definition) is 2. The molecule has 21 heavy (non-hydrogen) atoms. The molecular weight excluding hydrogens is 273 g/mol. The Hall–Kier alpha value is -2.11. The van der Waals surface area contributed by atoms with Crippen molar-refractivity contribution in [2.24, 2.45) is 0 Å². The fourth-order valence-electron chi connectivity index (χ4n) is 2.40. The Balaban J connectivity index is 1.81. The lowest BCUT2D eigenvalue weighted by molar-refractivity contribution is -0.131. The van der Waals surface area contributed by atoms with E-state index in [1.807, 2.05) is 4.90 Å². The first-order valence-corrected chi connectivity index (χ1v) is 7.19. The number of carbonyl (C=O) groups excluding carboxylic acids is 2. The van der Waals surface area contributed by atoms with Crippen molar-refractivity contribution in [2.75, 3.05) is 25.4 Å². The highest BCUT2D eigenvalue weighted by Gasteiger charge is 2.17. The maximum atomic E-state index is 13.1. The second kappa shape index (κ2) is 7.06. The molecule has 5 nitrogen and oxygen atoms in total. The SMILES string of the molecule is Nc1ccc(F)cc1C(=O)NCCC(=O)N1CCCCC1. The van der Waals surface area contributed by atoms with Crippen LogP contribution in [-0.4, -0.2) is 36.3 Å². The number of hydrogen-bond acceptors (Lipinski definition) is 3. The summed E-state index contributed by atoms with van der Waals surface area (Å²) >= 11 is 0. The average Bonchev–Trinajstić information content (AvgIpc) is 2.50. The monoisotopic (exact) mass is 293 g/mol. The molecule has 2 rings (SSSR count). The van der Waals surface area contributed by atoms with Gasteiger partial charge in [-0.25, -0.2) is 4.39 Å². The summed E-state index contributed by atoms with van der Waals surface area (Å²) < 4.78 is 13.1. The maximum Gasteiger partial charge on any atom is 0.253 e. The van der Waals surface area contributed by atoms with Crippen LogP contribution in [0.2, 0.25) is 0 Å². The van der Waals surface area contributed by atoms with Crippen molar-refractivity contribution >= 4 is 17.5 Å². The number of piperidine rings is 1. The van der Waals surface area contributed by atoms with Gasteiger partial charge in [0.05, 0.1) is 5.56 Å². The smallest absolute Gasteiger partial charge is 0.253 e. The molecule has 0 atom stereocenters. The number of amides is 2. The molecule has 1 aliphatic rings. The number of carbonyl (C=O) groups is 2. The van der Waals surface area contributed by atoms with Crippen molar-refractivity contribution in [3.8, 4) is 0 Å². The number of likely N-dealkylation sites (tertiary alicyclic amines) is 1. The molecule has 1 saturated heterocycles. The number of nitrogens with zero attached hydrogens (tertiary/aromatic N) is 1. The van der Waals surface area contributed by atoms with Crippen LogP contribution in [0.4, 0.5) is 10.1 Å². The lowest BCUT2D eigenvalue weighted by atomic mass is 10.1. The minimum absolute atomic E-state index is 0.0437. The van der Waals surface area contributed by atoms with Crippen LogP contribution in [-0.2, 0) is 4.79 Å². The van der Waals surface area contributed by atoms with Crippen LogP contribution in [0.3, 0.4) is 0 Å². The number of halogens is 1. The molecule has 114 valence electrons. The molecule has 0 aliphatic carbocycles. The highest BCUT2D eigenvalue weighted by molar-refractivity contribution is 5.99. The predicted molar refractivity (Wildman–Crippen MR) is 78.2 cm³/mol. The summed E-state index contributed by atoms with van der Waals surface area (Å²) in [6, 6.07) is 3.65. The second-order valence-corrected chi connectivity index (χ2v) is 5.18. The highest BCUT2D eigenvalue weighted by Crippen LogP contribution is 2.13. The van der Waals surface area contributed by atoms with Crippen molar-refractivity contribution in [1.29, 1.82) is 0 Å². The van der Waals surface area contributed by atoms with Gasteiger partial charge in [0.25, 0.3) is 5.91 Å². The molecule has 1 aromatic carbocycles. The molecule has 1 heterocycles. The number of nitrogen functional groups attached to an aromatic ring is 1. The van der Waals surface area contributed by atoms with E-state index in [0.29, 0.717) is 0 Å². The summed E-state index contributed by atoms with van der Waals surface area (Å²) in [5, 5.41) is 2.60. The fourth-order valence-corrected chi connectivity index (χ4v) is 2.40. The van der Waals surface area contributed by atoms with Gasteiger partial charge < -0.3 is 16.0 Å². The highest BCUT2D eigenvalue weighted by atomic mass is 19.1. The van der Waals surface area contributed by atoms with Gasteiger partial charge in [-0.15, -0.1) is 0 Å². The molecule has 6 heteroatoms. The Morgan fingerprint density at radius 3 is 2.67 bits per heavy atom. The van der Waals surface area contributed by atoms with E-state index in [4.69, 9.17) is 5.73 Å². The Morgan fingerprint density at radius 2 is 1.95 bits per heavy atom. The van der Waals surface area contributed by atoms with Crippen LogP contribution in [0, 0.1) is 5.82 Å². The zero-order valence-electron chi connectivity index (χ0n) is 11.9. The van der Waals surface area contributed by atoms with Crippen molar-refractivity contribution in [3.05, 3.63) is 29.6 Å². The van der Waals surface area contributed by atoms with E-state index in [1.165, 1.54) is 18.6 Å². The van der Waals surface area contributed by atoms with E-state index in [1.54, 1.807) is 0 Å². The van der Waals surface area contributed by atoms with Gasteiger partial charge in [0.2, 0.25) is 5.91 Å². The first kappa shape index (κ1) is 15.3. The quantitative estimate of drug-likeness (QED) is 0.827. The van der Waals surface area contributed by atoms with Crippen LogP contribution < -0.4 is 11.1 Å². The molecule has 0 aromatic heterocycles. The van der Waals surface area contributed by atoms with Gasteiger partial charge in [0.15, 0.2) is 0 Å². The third-order valence-corrected chi connectivity index (χ3v) is 3.59. The van der Waals surface area contributed by atoms with Crippen LogP contribution in [0.5, 0.6) is 0 Å². The lowest BCUT2D eigenvalue weighted by Gasteiger charge is -2.26. The van der Waals surface area contributed by atoms with Crippen molar-refractivity contribution in [2.45, 2.75) is 25.7 Å². The third kappa shape index (κ3) is 4.18. The standard InChI is InChI=1S/C15H20FN3O2/c16-11-4-5-13(17)12(10-11)15(21)18-7-6-14(20)19-8-2-1-3-9-19/h4-5,10H,1-3,6-9,17H2,(H,18,21). The lowest BCUT2D eigenvalue weighted by Crippen LogP contribution is -2.37. The summed E-state index contributed by atoms with van der Waals surface area (Å²) in [4.78, 5) is 25.6. The summed E-state index contributed by atoms with van der Waals surface area (Å²) in [6.07, 6.45) is 3.50. The predicted octanol–water partition coefficient (Wildman–Crippen LogP) is 1.54. The van der Waals surface area contributed by atoms with E-state index < -0.39 is 11.7 Å². The van der Waals surface area contributed by atoms with Gasteiger partial charge in [-0.1, -0.05) is 0 Å².